The van der Waals surface area contributed by atoms with E-state index in [1.807, 2.05) is 98.1 Å². The lowest BCUT2D eigenvalue weighted by Gasteiger charge is -2.35. The molecule has 1 amide bonds. The van der Waals surface area contributed by atoms with Crippen molar-refractivity contribution in [1.82, 2.24) is 19.6 Å². The van der Waals surface area contributed by atoms with Crippen LogP contribution >= 0.6 is 0 Å². The first-order valence-electron chi connectivity index (χ1n) is 15.8. The highest BCUT2D eigenvalue weighted by molar-refractivity contribution is 5.89. The topological polar surface area (TPSA) is 76.9 Å². The van der Waals surface area contributed by atoms with E-state index in [-0.39, 0.29) is 24.0 Å². The predicted octanol–water partition coefficient (Wildman–Crippen LogP) is 6.49. The van der Waals surface area contributed by atoms with Gasteiger partial charge in [-0.1, -0.05) is 30.3 Å². The van der Waals surface area contributed by atoms with Gasteiger partial charge in [-0.15, -0.1) is 0 Å². The SMILES string of the molecule is CCOC(=O)c1ccc(CCCN2CCC(CN(C(=O)OC(C)(C)C)C3CC3c3cnn(-c4ccccc4)c3)CC2)cc1. The fraction of sp³-hybridized carbons (Fsp3) is 0.514. The number of carbonyl (C=O) groups is 2. The molecule has 1 aromatic heterocycles. The minimum atomic E-state index is -0.527. The van der Waals surface area contributed by atoms with Crippen LogP contribution < -0.4 is 0 Å². The molecule has 5 rings (SSSR count). The van der Waals surface area contributed by atoms with E-state index in [2.05, 4.69) is 16.2 Å². The van der Waals surface area contributed by atoms with Crippen LogP contribution in [0.1, 0.15) is 80.8 Å². The monoisotopic (exact) mass is 586 g/mol. The number of esters is 1. The summed E-state index contributed by atoms with van der Waals surface area (Å²) in [5, 5.41) is 4.59. The Kier molecular flexibility index (Phi) is 9.86. The second-order valence-corrected chi connectivity index (χ2v) is 12.9. The Hall–Kier alpha value is -3.65. The first kappa shape index (κ1) is 30.8. The quantitative estimate of drug-likeness (QED) is 0.239. The molecule has 8 nitrogen and oxygen atoms in total. The Bertz CT molecular complexity index is 1340. The molecule has 230 valence electrons. The van der Waals surface area contributed by atoms with E-state index in [0.29, 0.717) is 18.1 Å². The first-order valence-corrected chi connectivity index (χ1v) is 15.8. The summed E-state index contributed by atoms with van der Waals surface area (Å²) < 4.78 is 12.9. The number of carbonyl (C=O) groups excluding carboxylic acids is 2. The predicted molar refractivity (Wildman–Crippen MR) is 168 cm³/mol. The largest absolute Gasteiger partial charge is 0.462 e. The van der Waals surface area contributed by atoms with E-state index in [9.17, 15) is 9.59 Å². The molecule has 3 aromatic rings. The average molecular weight is 587 g/mol. The molecule has 1 aliphatic carbocycles. The number of nitrogens with zero attached hydrogens (tertiary/aromatic N) is 4. The third-order valence-electron chi connectivity index (χ3n) is 8.40. The number of para-hydroxylation sites is 1. The first-order chi connectivity index (χ1) is 20.7. The molecule has 2 aromatic carbocycles. The number of rotatable bonds is 11. The Balaban J connectivity index is 1.11. The summed E-state index contributed by atoms with van der Waals surface area (Å²) in [4.78, 5) is 29.8. The van der Waals surface area contributed by atoms with Crippen molar-refractivity contribution in [3.63, 3.8) is 0 Å². The van der Waals surface area contributed by atoms with Crippen molar-refractivity contribution < 1.29 is 19.1 Å². The summed E-state index contributed by atoms with van der Waals surface area (Å²) in [6.07, 6.45) is 9.01. The number of aryl methyl sites for hydroxylation is 1. The molecule has 43 heavy (non-hydrogen) atoms. The Morgan fingerprint density at radius 2 is 1.74 bits per heavy atom. The third kappa shape index (κ3) is 8.47. The molecule has 2 aliphatic rings. The standard InChI is InChI=1S/C35H46N4O4/c1-5-42-33(40)28-15-13-26(14-16-28)10-9-19-37-20-17-27(18-21-37)24-38(34(41)43-35(2,3)4)32-22-31(32)29-23-36-39(25-29)30-11-7-6-8-12-30/h6-8,11-16,23,25,27,31-32H,5,9-10,17-22,24H2,1-4H3. The molecule has 2 atom stereocenters. The highest BCUT2D eigenvalue weighted by Crippen LogP contribution is 2.46. The van der Waals surface area contributed by atoms with Crippen molar-refractivity contribution in [3.8, 4) is 5.69 Å². The molecule has 1 saturated heterocycles. The third-order valence-corrected chi connectivity index (χ3v) is 8.40. The zero-order chi connectivity index (χ0) is 30.4. The van der Waals surface area contributed by atoms with E-state index in [1.54, 1.807) is 0 Å². The van der Waals surface area contributed by atoms with Gasteiger partial charge in [-0.05, 0) is 121 Å². The zero-order valence-electron chi connectivity index (χ0n) is 26.1. The van der Waals surface area contributed by atoms with Crippen LogP contribution in [0.4, 0.5) is 4.79 Å². The van der Waals surface area contributed by atoms with Gasteiger partial charge in [-0.25, -0.2) is 14.3 Å². The van der Waals surface area contributed by atoms with E-state index in [4.69, 9.17) is 9.47 Å². The molecule has 0 N–H and O–H groups in total. The molecule has 0 bridgehead atoms. The second kappa shape index (κ2) is 13.8. The van der Waals surface area contributed by atoms with Crippen LogP contribution in [0.2, 0.25) is 0 Å². The van der Waals surface area contributed by atoms with Gasteiger partial charge in [0.25, 0.3) is 0 Å². The lowest BCUT2D eigenvalue weighted by atomic mass is 9.95. The van der Waals surface area contributed by atoms with Gasteiger partial charge < -0.3 is 19.3 Å². The Labute approximate surface area is 256 Å². The number of benzene rings is 2. The summed E-state index contributed by atoms with van der Waals surface area (Å²) in [6.45, 7) is 11.9. The van der Waals surface area contributed by atoms with E-state index < -0.39 is 5.60 Å². The van der Waals surface area contributed by atoms with Crippen LogP contribution in [0.3, 0.4) is 0 Å². The lowest BCUT2D eigenvalue weighted by Crippen LogP contribution is -2.44. The van der Waals surface area contributed by atoms with Crippen LogP contribution in [0.15, 0.2) is 67.0 Å². The van der Waals surface area contributed by atoms with E-state index in [0.717, 1.165) is 64.0 Å². The van der Waals surface area contributed by atoms with Crippen LogP contribution in [-0.4, -0.2) is 76.1 Å². The van der Waals surface area contributed by atoms with Gasteiger partial charge in [0.15, 0.2) is 0 Å². The molecule has 8 heteroatoms. The number of piperidine rings is 1. The van der Waals surface area contributed by atoms with Gasteiger partial charge in [0.05, 0.1) is 24.1 Å². The maximum absolute atomic E-state index is 13.4. The fourth-order valence-electron chi connectivity index (χ4n) is 6.00. The van der Waals surface area contributed by atoms with Crippen molar-refractivity contribution in [3.05, 3.63) is 83.7 Å². The molecule has 2 fully saturated rings. The number of aromatic nitrogens is 2. The maximum atomic E-state index is 13.4. The molecule has 0 spiro atoms. The molecule has 2 heterocycles. The van der Waals surface area contributed by atoms with Gasteiger partial charge in [0.2, 0.25) is 0 Å². The van der Waals surface area contributed by atoms with Crippen molar-refractivity contribution in [1.29, 1.82) is 0 Å². The normalized spacial score (nSPS) is 19.2. The highest BCUT2D eigenvalue weighted by Gasteiger charge is 2.47. The zero-order valence-corrected chi connectivity index (χ0v) is 26.1. The van der Waals surface area contributed by atoms with Crippen molar-refractivity contribution in [2.45, 2.75) is 77.4 Å². The second-order valence-electron chi connectivity index (χ2n) is 12.9. The minimum absolute atomic E-state index is 0.150. The molecular formula is C35H46N4O4. The van der Waals surface area contributed by atoms with Crippen molar-refractivity contribution in [2.75, 3.05) is 32.8 Å². The van der Waals surface area contributed by atoms with E-state index in [1.165, 1.54) is 11.1 Å². The smallest absolute Gasteiger partial charge is 0.410 e. The summed E-state index contributed by atoms with van der Waals surface area (Å²) in [5.41, 5.74) is 3.53. The van der Waals surface area contributed by atoms with Crippen LogP contribution in [0.5, 0.6) is 0 Å². The summed E-state index contributed by atoms with van der Waals surface area (Å²) in [6, 6.07) is 18.0. The molecule has 1 aliphatic heterocycles. The lowest BCUT2D eigenvalue weighted by molar-refractivity contribution is 0.0171. The number of hydrogen-bond acceptors (Lipinski definition) is 6. The van der Waals surface area contributed by atoms with Gasteiger partial charge >= 0.3 is 12.1 Å². The maximum Gasteiger partial charge on any atom is 0.410 e. The minimum Gasteiger partial charge on any atom is -0.462 e. The number of amides is 1. The Morgan fingerprint density at radius 3 is 2.42 bits per heavy atom. The summed E-state index contributed by atoms with van der Waals surface area (Å²) >= 11 is 0. The van der Waals surface area contributed by atoms with Crippen LogP contribution in [0, 0.1) is 5.92 Å². The summed E-state index contributed by atoms with van der Waals surface area (Å²) in [5.74, 6) is 0.488. The fourth-order valence-corrected chi connectivity index (χ4v) is 6.00. The molecule has 2 unspecified atom stereocenters. The Morgan fingerprint density at radius 1 is 1.02 bits per heavy atom. The van der Waals surface area contributed by atoms with Crippen molar-refractivity contribution >= 4 is 12.1 Å². The number of ether oxygens (including phenoxy) is 2. The van der Waals surface area contributed by atoms with Gasteiger partial charge in [0, 0.05) is 24.7 Å². The molecular weight excluding hydrogens is 540 g/mol. The number of hydrogen-bond donors (Lipinski definition) is 0. The number of likely N-dealkylation sites (tertiary alicyclic amines) is 1. The van der Waals surface area contributed by atoms with Crippen LogP contribution in [0.25, 0.3) is 5.69 Å². The van der Waals surface area contributed by atoms with Gasteiger partial charge in [-0.3, -0.25) is 0 Å². The van der Waals surface area contributed by atoms with Gasteiger partial charge in [-0.2, -0.15) is 5.10 Å². The average Bonchev–Trinajstić information content (AvgIpc) is 3.62. The molecule has 0 radical (unpaired) electrons. The molecule has 1 saturated carbocycles. The highest BCUT2D eigenvalue weighted by atomic mass is 16.6. The van der Waals surface area contributed by atoms with Crippen LogP contribution in [-0.2, 0) is 15.9 Å². The van der Waals surface area contributed by atoms with Crippen molar-refractivity contribution in [2.24, 2.45) is 5.92 Å². The van der Waals surface area contributed by atoms with E-state index >= 15 is 0 Å². The van der Waals surface area contributed by atoms with Gasteiger partial charge in [0.1, 0.15) is 5.60 Å². The summed E-state index contributed by atoms with van der Waals surface area (Å²) in [7, 11) is 0.